The third kappa shape index (κ3) is 4.95. The number of pyridine rings is 1. The van der Waals surface area contributed by atoms with Gasteiger partial charge in [0.1, 0.15) is 17.4 Å². The molecule has 164 valence electrons. The average molecular weight is 446 g/mol. The van der Waals surface area contributed by atoms with Gasteiger partial charge in [-0.05, 0) is 43.7 Å². The number of hydrogen-bond donors (Lipinski definition) is 0. The first-order chi connectivity index (χ1) is 14.4. The fourth-order valence-corrected chi connectivity index (χ4v) is 3.88. The second kappa shape index (κ2) is 8.17. The number of nitrogens with zero attached hydrogens (tertiary/aromatic N) is 2. The van der Waals surface area contributed by atoms with Crippen LogP contribution in [0.5, 0.6) is 5.75 Å². The molecule has 1 aromatic heterocycles. The summed E-state index contributed by atoms with van der Waals surface area (Å²) in [6.45, 7) is 4.47. The lowest BCUT2D eigenvalue weighted by Gasteiger charge is -2.44. The third-order valence-corrected chi connectivity index (χ3v) is 5.39. The lowest BCUT2D eigenvalue weighted by molar-refractivity contribution is -0.163. The highest BCUT2D eigenvalue weighted by atomic mass is 32.2. The molecule has 0 radical (unpaired) electrons. The number of esters is 1. The maximum absolute atomic E-state index is 13.0. The molecule has 0 saturated carbocycles. The van der Waals surface area contributed by atoms with Gasteiger partial charge in [-0.3, -0.25) is 13.8 Å². The molecule has 0 amide bonds. The minimum atomic E-state index is -3.66. The first-order valence-electron chi connectivity index (χ1n) is 9.37. The summed E-state index contributed by atoms with van der Waals surface area (Å²) in [5.41, 5.74) is -0.183. The van der Waals surface area contributed by atoms with Crippen molar-refractivity contribution in [3.8, 4) is 11.8 Å². The average Bonchev–Trinajstić information content (AvgIpc) is 2.66. The smallest absolute Gasteiger partial charge is 0.303 e. The van der Waals surface area contributed by atoms with Crippen LogP contribution >= 0.6 is 0 Å². The van der Waals surface area contributed by atoms with Crippen molar-refractivity contribution in [1.82, 2.24) is 4.57 Å². The fraction of sp³-hybridized carbons (Fsp3) is 0.381. The van der Waals surface area contributed by atoms with E-state index in [2.05, 4.69) is 6.07 Å². The van der Waals surface area contributed by atoms with Gasteiger partial charge in [-0.25, -0.2) is 0 Å². The molecule has 31 heavy (non-hydrogen) atoms. The molecular weight excluding hydrogens is 424 g/mol. The number of carbonyl (C=O) groups excluding carboxylic acids is 1. The maximum Gasteiger partial charge on any atom is 0.303 e. The van der Waals surface area contributed by atoms with Crippen LogP contribution in [0, 0.1) is 11.3 Å². The molecule has 3 rings (SSSR count). The van der Waals surface area contributed by atoms with Crippen molar-refractivity contribution in [1.29, 1.82) is 5.26 Å². The Kier molecular flexibility index (Phi) is 5.93. The van der Waals surface area contributed by atoms with Crippen LogP contribution in [0.15, 0.2) is 41.3 Å². The molecule has 1 aliphatic heterocycles. The topological polar surface area (TPSA) is 125 Å². The SMILES string of the molecule is CC(=O)O[C@@H]1[C@@H](n2ccc(COS(C)(=O)=O)cc2=O)c2cc(C#N)ccc2OC1(C)C. The predicted molar refractivity (Wildman–Crippen MR) is 110 cm³/mol. The van der Waals surface area contributed by atoms with Crippen molar-refractivity contribution in [3.63, 3.8) is 0 Å². The summed E-state index contributed by atoms with van der Waals surface area (Å²) in [5.74, 6) is -0.0772. The van der Waals surface area contributed by atoms with Gasteiger partial charge in [0, 0.05) is 24.8 Å². The summed E-state index contributed by atoms with van der Waals surface area (Å²) >= 11 is 0. The number of ether oxygens (including phenoxy) is 2. The van der Waals surface area contributed by atoms with Crippen LogP contribution in [-0.2, 0) is 30.4 Å². The van der Waals surface area contributed by atoms with E-state index in [4.69, 9.17) is 13.7 Å². The Bertz CT molecular complexity index is 1230. The molecule has 1 aliphatic rings. The van der Waals surface area contributed by atoms with E-state index in [-0.39, 0.29) is 6.61 Å². The quantitative estimate of drug-likeness (QED) is 0.504. The summed E-state index contributed by atoms with van der Waals surface area (Å²) in [7, 11) is -3.66. The van der Waals surface area contributed by atoms with E-state index in [9.17, 15) is 23.3 Å². The van der Waals surface area contributed by atoms with E-state index in [0.717, 1.165) is 6.26 Å². The van der Waals surface area contributed by atoms with Crippen molar-refractivity contribution in [3.05, 3.63) is 63.6 Å². The van der Waals surface area contributed by atoms with E-state index in [1.165, 1.54) is 23.8 Å². The van der Waals surface area contributed by atoms with Crippen LogP contribution in [0.2, 0.25) is 0 Å². The Hall–Kier alpha value is -3.16. The van der Waals surface area contributed by atoms with E-state index in [1.807, 2.05) is 0 Å². The number of carbonyl (C=O) groups is 1. The van der Waals surface area contributed by atoms with Crippen molar-refractivity contribution < 1.29 is 26.9 Å². The molecule has 9 nitrogen and oxygen atoms in total. The molecule has 0 spiro atoms. The number of rotatable bonds is 5. The first-order valence-corrected chi connectivity index (χ1v) is 11.2. The highest BCUT2D eigenvalue weighted by molar-refractivity contribution is 7.85. The highest BCUT2D eigenvalue weighted by Gasteiger charge is 2.47. The molecular formula is C21H22N2O7S. The number of aromatic nitrogens is 1. The Balaban J connectivity index is 2.14. The van der Waals surface area contributed by atoms with Crippen molar-refractivity contribution in [2.45, 2.75) is 45.1 Å². The van der Waals surface area contributed by atoms with Crippen molar-refractivity contribution in [2.24, 2.45) is 0 Å². The summed E-state index contributed by atoms with van der Waals surface area (Å²) in [4.78, 5) is 24.8. The highest BCUT2D eigenvalue weighted by Crippen LogP contribution is 2.43. The molecule has 0 fully saturated rings. The van der Waals surface area contributed by atoms with Gasteiger partial charge in [0.2, 0.25) is 0 Å². The molecule has 2 heterocycles. The minimum Gasteiger partial charge on any atom is -0.484 e. The second-order valence-corrected chi connectivity index (χ2v) is 9.44. The summed E-state index contributed by atoms with van der Waals surface area (Å²) < 4.78 is 40.2. The molecule has 0 bridgehead atoms. The number of hydrogen-bond acceptors (Lipinski definition) is 8. The standard InChI is InChI=1S/C21H22N2O7S/c1-13(24)29-20-19(16-9-14(11-22)5-6-17(16)30-21(20,2)3)23-8-7-15(10-18(23)25)12-28-31(4,26)27/h5-10,19-20H,12H2,1-4H3/t19-,20+/m0/s1. The van der Waals surface area contributed by atoms with E-state index in [1.54, 1.807) is 38.1 Å². The van der Waals surface area contributed by atoms with Gasteiger partial charge in [0.25, 0.3) is 15.7 Å². The van der Waals surface area contributed by atoms with Crippen LogP contribution < -0.4 is 10.3 Å². The van der Waals surface area contributed by atoms with Crippen LogP contribution in [-0.4, -0.2) is 36.9 Å². The van der Waals surface area contributed by atoms with E-state index in [0.29, 0.717) is 22.4 Å². The molecule has 2 aromatic rings. The lowest BCUT2D eigenvalue weighted by atomic mass is 9.85. The van der Waals surface area contributed by atoms with Crippen LogP contribution in [0.25, 0.3) is 0 Å². The Morgan fingerprint density at radius 3 is 2.58 bits per heavy atom. The van der Waals surface area contributed by atoms with Gasteiger partial charge in [0.15, 0.2) is 6.10 Å². The third-order valence-electron chi connectivity index (χ3n) is 4.85. The predicted octanol–water partition coefficient (Wildman–Crippen LogP) is 1.89. The molecule has 0 aliphatic carbocycles. The van der Waals surface area contributed by atoms with Gasteiger partial charge in [0.05, 0.1) is 24.5 Å². The zero-order valence-corrected chi connectivity index (χ0v) is 18.3. The van der Waals surface area contributed by atoms with E-state index >= 15 is 0 Å². The van der Waals surface area contributed by atoms with Gasteiger partial charge >= 0.3 is 5.97 Å². The maximum atomic E-state index is 13.0. The number of benzene rings is 1. The normalized spacial score (nSPS) is 19.6. The van der Waals surface area contributed by atoms with Crippen LogP contribution in [0.3, 0.4) is 0 Å². The molecule has 0 N–H and O–H groups in total. The Morgan fingerprint density at radius 1 is 1.29 bits per heavy atom. The summed E-state index contributed by atoms with van der Waals surface area (Å²) in [5, 5.41) is 9.32. The van der Waals surface area contributed by atoms with E-state index < -0.39 is 39.4 Å². The zero-order chi connectivity index (χ0) is 23.0. The molecule has 2 atom stereocenters. The van der Waals surface area contributed by atoms with Crippen molar-refractivity contribution >= 4 is 16.1 Å². The summed E-state index contributed by atoms with van der Waals surface area (Å²) in [6.07, 6.45) is 1.53. The molecule has 1 aromatic carbocycles. The Morgan fingerprint density at radius 2 is 2.00 bits per heavy atom. The first kappa shape index (κ1) is 22.5. The van der Waals surface area contributed by atoms with Gasteiger partial charge in [-0.1, -0.05) is 0 Å². The second-order valence-electron chi connectivity index (χ2n) is 7.79. The van der Waals surface area contributed by atoms with Crippen molar-refractivity contribution in [2.75, 3.05) is 6.26 Å². The Labute approximate surface area is 179 Å². The number of fused-ring (bicyclic) bond motifs is 1. The lowest BCUT2D eigenvalue weighted by Crippen LogP contribution is -2.54. The van der Waals surface area contributed by atoms with Crippen LogP contribution in [0.1, 0.15) is 43.5 Å². The van der Waals surface area contributed by atoms with Gasteiger partial charge in [-0.2, -0.15) is 13.7 Å². The fourth-order valence-electron chi connectivity index (χ4n) is 3.53. The van der Waals surface area contributed by atoms with Crippen LogP contribution in [0.4, 0.5) is 0 Å². The molecule has 10 heteroatoms. The molecule has 0 saturated heterocycles. The minimum absolute atomic E-state index is 0.281. The molecule has 0 unspecified atom stereocenters. The van der Waals surface area contributed by atoms with Gasteiger partial charge in [-0.15, -0.1) is 0 Å². The summed E-state index contributed by atoms with van der Waals surface area (Å²) in [6, 6.07) is 8.94. The largest absolute Gasteiger partial charge is 0.484 e. The number of nitriles is 1. The monoisotopic (exact) mass is 446 g/mol. The van der Waals surface area contributed by atoms with Gasteiger partial charge < -0.3 is 14.0 Å². The zero-order valence-electron chi connectivity index (χ0n) is 17.5.